The number of hydrogen-bond acceptors (Lipinski definition) is 5. The summed E-state index contributed by atoms with van der Waals surface area (Å²) >= 11 is 0. The van der Waals surface area contributed by atoms with Crippen molar-refractivity contribution < 1.29 is 4.84 Å². The first-order chi connectivity index (χ1) is 4.13. The van der Waals surface area contributed by atoms with E-state index in [0.717, 1.165) is 0 Å². The molecule has 0 amide bonds. The van der Waals surface area contributed by atoms with Crippen LogP contribution < -0.4 is 11.5 Å². The SMILES string of the molecule is CN1OC(N)=C(N)N1C. The maximum atomic E-state index is 5.43. The smallest absolute Gasteiger partial charge is 0.254 e. The molecule has 0 radical (unpaired) electrons. The topological polar surface area (TPSA) is 67.8 Å². The molecule has 1 aliphatic heterocycles. The molecule has 0 atom stereocenters. The van der Waals surface area contributed by atoms with Crippen molar-refractivity contribution in [3.8, 4) is 0 Å². The molecule has 0 aromatic carbocycles. The second kappa shape index (κ2) is 1.70. The van der Waals surface area contributed by atoms with Crippen LogP contribution in [0, 0.1) is 0 Å². The zero-order valence-electron chi connectivity index (χ0n) is 5.46. The van der Waals surface area contributed by atoms with Gasteiger partial charge in [0.05, 0.1) is 0 Å². The fourth-order valence-electron chi connectivity index (χ4n) is 0.562. The van der Waals surface area contributed by atoms with Crippen LogP contribution in [-0.2, 0) is 4.84 Å². The van der Waals surface area contributed by atoms with E-state index >= 15 is 0 Å². The predicted molar refractivity (Wildman–Crippen MR) is 32.0 cm³/mol. The van der Waals surface area contributed by atoms with Gasteiger partial charge >= 0.3 is 0 Å². The fraction of sp³-hybridized carbons (Fsp3) is 0.500. The van der Waals surface area contributed by atoms with Crippen molar-refractivity contribution in [2.45, 2.75) is 0 Å². The summed E-state index contributed by atoms with van der Waals surface area (Å²) in [7, 11) is 3.47. The monoisotopic (exact) mass is 130 g/mol. The van der Waals surface area contributed by atoms with Crippen molar-refractivity contribution in [3.63, 3.8) is 0 Å². The number of nitrogens with two attached hydrogens (primary N) is 2. The standard InChI is InChI=1S/C4H10N4O/c1-7-3(5)4(6)9-8(7)2/h5-6H2,1-2H3. The first-order valence-corrected chi connectivity index (χ1v) is 2.53. The first-order valence-electron chi connectivity index (χ1n) is 2.53. The average molecular weight is 130 g/mol. The van der Waals surface area contributed by atoms with E-state index in [9.17, 15) is 0 Å². The Kier molecular flexibility index (Phi) is 1.14. The van der Waals surface area contributed by atoms with Gasteiger partial charge in [-0.2, -0.15) is 0 Å². The van der Waals surface area contributed by atoms with Gasteiger partial charge in [0, 0.05) is 14.1 Å². The summed E-state index contributed by atoms with van der Waals surface area (Å²) in [6, 6.07) is 0. The molecule has 0 saturated carbocycles. The summed E-state index contributed by atoms with van der Waals surface area (Å²) in [4.78, 5) is 4.88. The van der Waals surface area contributed by atoms with E-state index in [1.165, 1.54) is 5.17 Å². The number of nitrogens with zero attached hydrogens (tertiary/aromatic N) is 2. The zero-order chi connectivity index (χ0) is 7.02. The third-order valence-electron chi connectivity index (χ3n) is 1.25. The largest absolute Gasteiger partial charge is 0.380 e. The van der Waals surface area contributed by atoms with E-state index in [2.05, 4.69) is 0 Å². The molecule has 4 N–H and O–H groups in total. The maximum absolute atomic E-state index is 5.43. The Morgan fingerprint density at radius 1 is 1.33 bits per heavy atom. The number of rotatable bonds is 0. The van der Waals surface area contributed by atoms with Crippen molar-refractivity contribution in [3.05, 3.63) is 11.7 Å². The lowest BCUT2D eigenvalue weighted by atomic mass is 10.7. The Morgan fingerprint density at radius 3 is 2.00 bits per heavy atom. The molecule has 52 valence electrons. The van der Waals surface area contributed by atoms with Crippen LogP contribution in [0.3, 0.4) is 0 Å². The van der Waals surface area contributed by atoms with E-state index < -0.39 is 0 Å². The molecule has 0 aromatic rings. The third-order valence-corrected chi connectivity index (χ3v) is 1.25. The van der Waals surface area contributed by atoms with Gasteiger partial charge in [-0.15, -0.1) is 0 Å². The summed E-state index contributed by atoms with van der Waals surface area (Å²) < 4.78 is 0. The first kappa shape index (κ1) is 6.03. The molecular formula is C4H10N4O. The lowest BCUT2D eigenvalue weighted by Gasteiger charge is -2.17. The van der Waals surface area contributed by atoms with Gasteiger partial charge in [0.1, 0.15) is 0 Å². The van der Waals surface area contributed by atoms with Gasteiger partial charge in [-0.25, -0.2) is 0 Å². The average Bonchev–Trinajstić information content (AvgIpc) is 1.98. The molecule has 1 rings (SSSR count). The molecular weight excluding hydrogens is 120 g/mol. The highest BCUT2D eigenvalue weighted by Crippen LogP contribution is 2.11. The van der Waals surface area contributed by atoms with E-state index in [-0.39, 0.29) is 5.88 Å². The molecule has 5 heteroatoms. The Balaban J connectivity index is 2.74. The zero-order valence-corrected chi connectivity index (χ0v) is 5.46. The van der Waals surface area contributed by atoms with Crippen molar-refractivity contribution in [2.24, 2.45) is 11.5 Å². The van der Waals surface area contributed by atoms with Crippen LogP contribution in [0.15, 0.2) is 11.7 Å². The predicted octanol–water partition coefficient (Wildman–Crippen LogP) is -1.25. The van der Waals surface area contributed by atoms with E-state index in [1.807, 2.05) is 0 Å². The quantitative estimate of drug-likeness (QED) is 0.429. The van der Waals surface area contributed by atoms with Crippen LogP contribution in [-0.4, -0.2) is 24.3 Å². The van der Waals surface area contributed by atoms with E-state index in [0.29, 0.717) is 5.82 Å². The van der Waals surface area contributed by atoms with Gasteiger partial charge in [0.2, 0.25) is 0 Å². The minimum absolute atomic E-state index is 0.250. The van der Waals surface area contributed by atoms with Gasteiger partial charge in [0.25, 0.3) is 5.88 Å². The van der Waals surface area contributed by atoms with Crippen LogP contribution in [0.1, 0.15) is 0 Å². The lowest BCUT2D eigenvalue weighted by Crippen LogP contribution is -2.31. The second-order valence-corrected chi connectivity index (χ2v) is 1.83. The highest BCUT2D eigenvalue weighted by atomic mass is 16.7. The van der Waals surface area contributed by atoms with Crippen LogP contribution in [0.2, 0.25) is 0 Å². The van der Waals surface area contributed by atoms with Crippen LogP contribution in [0.4, 0.5) is 0 Å². The Bertz CT molecular complexity index is 155. The fourth-order valence-corrected chi connectivity index (χ4v) is 0.562. The summed E-state index contributed by atoms with van der Waals surface area (Å²) in [6.07, 6.45) is 0. The third kappa shape index (κ3) is 0.746. The Labute approximate surface area is 53.4 Å². The highest BCUT2D eigenvalue weighted by Gasteiger charge is 2.21. The molecule has 1 aliphatic rings. The molecule has 1 heterocycles. The highest BCUT2D eigenvalue weighted by molar-refractivity contribution is 5.00. The van der Waals surface area contributed by atoms with Crippen LogP contribution >= 0.6 is 0 Å². The van der Waals surface area contributed by atoms with Crippen molar-refractivity contribution >= 4 is 0 Å². The number of hydroxylamine groups is 1. The van der Waals surface area contributed by atoms with Gasteiger partial charge in [-0.1, -0.05) is 5.17 Å². The second-order valence-electron chi connectivity index (χ2n) is 1.83. The minimum Gasteiger partial charge on any atom is -0.380 e. The Morgan fingerprint density at radius 2 is 1.89 bits per heavy atom. The van der Waals surface area contributed by atoms with Crippen molar-refractivity contribution in [2.75, 3.05) is 14.1 Å². The minimum atomic E-state index is 0.250. The summed E-state index contributed by atoms with van der Waals surface area (Å²) in [5.74, 6) is 0.692. The normalized spacial score (nSPS) is 20.9. The van der Waals surface area contributed by atoms with Gasteiger partial charge < -0.3 is 16.3 Å². The molecule has 5 nitrogen and oxygen atoms in total. The lowest BCUT2D eigenvalue weighted by molar-refractivity contribution is -0.184. The molecule has 0 spiro atoms. The van der Waals surface area contributed by atoms with E-state index in [4.69, 9.17) is 16.3 Å². The summed E-state index contributed by atoms with van der Waals surface area (Å²) in [5.41, 5.74) is 10.7. The number of hydrazine groups is 1. The number of hydrogen-bond donors (Lipinski definition) is 2. The van der Waals surface area contributed by atoms with Crippen molar-refractivity contribution in [1.29, 1.82) is 0 Å². The molecule has 0 fully saturated rings. The Hall–Kier alpha value is -1.10. The molecule has 0 aromatic heterocycles. The van der Waals surface area contributed by atoms with Gasteiger partial charge in [-0.3, -0.25) is 5.01 Å². The molecule has 0 unspecified atom stereocenters. The molecule has 0 saturated heterocycles. The summed E-state index contributed by atoms with van der Waals surface area (Å²) in [5, 5.41) is 3.06. The van der Waals surface area contributed by atoms with E-state index in [1.54, 1.807) is 19.1 Å². The molecule has 0 bridgehead atoms. The molecule has 0 aliphatic carbocycles. The summed E-state index contributed by atoms with van der Waals surface area (Å²) in [6.45, 7) is 0. The van der Waals surface area contributed by atoms with Gasteiger partial charge in [0.15, 0.2) is 5.82 Å². The maximum Gasteiger partial charge on any atom is 0.254 e. The van der Waals surface area contributed by atoms with Crippen LogP contribution in [0.25, 0.3) is 0 Å². The molecule has 9 heavy (non-hydrogen) atoms. The van der Waals surface area contributed by atoms with Gasteiger partial charge in [-0.05, 0) is 0 Å². The van der Waals surface area contributed by atoms with Crippen molar-refractivity contribution in [1.82, 2.24) is 10.2 Å². The van der Waals surface area contributed by atoms with Crippen LogP contribution in [0.5, 0.6) is 0 Å².